The standard InChI is InChI=1S/C16H27N3O4S/c1-12(2)9-18(13-5-8-24(22,23)10-13)11-19-14(20)16(17-15(19)21)6-3-4-7-16/h12-13H,3-11H2,1-2H3,(H,17,21). The van der Waals surface area contributed by atoms with Crippen molar-refractivity contribution >= 4 is 21.8 Å². The largest absolute Gasteiger partial charge is 0.326 e. The molecule has 8 heteroatoms. The fourth-order valence-electron chi connectivity index (χ4n) is 4.16. The molecular formula is C16H27N3O4S. The zero-order chi connectivity index (χ0) is 17.5. The van der Waals surface area contributed by atoms with Gasteiger partial charge in [-0.1, -0.05) is 26.7 Å². The maximum atomic E-state index is 12.8. The number of urea groups is 1. The molecule has 1 aliphatic carbocycles. The van der Waals surface area contributed by atoms with Gasteiger partial charge in [-0.25, -0.2) is 18.1 Å². The molecule has 3 rings (SSSR count). The minimum absolute atomic E-state index is 0.113. The minimum Gasteiger partial charge on any atom is -0.323 e. The summed E-state index contributed by atoms with van der Waals surface area (Å²) in [7, 11) is -3.00. The van der Waals surface area contributed by atoms with Gasteiger partial charge < -0.3 is 5.32 Å². The first kappa shape index (κ1) is 17.7. The highest BCUT2D eigenvalue weighted by molar-refractivity contribution is 7.91. The second-order valence-electron chi connectivity index (χ2n) is 7.82. The van der Waals surface area contributed by atoms with Crippen LogP contribution in [-0.2, 0) is 14.6 Å². The summed E-state index contributed by atoms with van der Waals surface area (Å²) in [5, 5.41) is 2.89. The van der Waals surface area contributed by atoms with Gasteiger partial charge in [-0.3, -0.25) is 9.69 Å². The van der Waals surface area contributed by atoms with Crippen molar-refractivity contribution in [3.05, 3.63) is 0 Å². The summed E-state index contributed by atoms with van der Waals surface area (Å²) in [5.74, 6) is 0.499. The van der Waals surface area contributed by atoms with Crippen LogP contribution < -0.4 is 5.32 Å². The third kappa shape index (κ3) is 3.31. The van der Waals surface area contributed by atoms with Crippen molar-refractivity contribution in [3.63, 3.8) is 0 Å². The third-order valence-electron chi connectivity index (χ3n) is 5.35. The van der Waals surface area contributed by atoms with Crippen LogP contribution in [0, 0.1) is 5.92 Å². The SMILES string of the molecule is CC(C)CN(CN1C(=O)NC2(CCCC2)C1=O)C1CCS(=O)(=O)C1. The summed E-state index contributed by atoms with van der Waals surface area (Å²) in [6, 6.07) is -0.449. The lowest BCUT2D eigenvalue weighted by Gasteiger charge is -2.32. The molecule has 1 saturated carbocycles. The summed E-state index contributed by atoms with van der Waals surface area (Å²) in [5.41, 5.74) is -0.706. The fourth-order valence-corrected chi connectivity index (χ4v) is 5.92. The molecule has 0 radical (unpaired) electrons. The highest BCUT2D eigenvalue weighted by atomic mass is 32.2. The average Bonchev–Trinajstić information content (AvgIpc) is 3.14. The first-order chi connectivity index (χ1) is 11.2. The van der Waals surface area contributed by atoms with Crippen molar-refractivity contribution in [1.82, 2.24) is 15.1 Å². The van der Waals surface area contributed by atoms with Crippen LogP contribution >= 0.6 is 0 Å². The second kappa shape index (κ2) is 6.29. The first-order valence-electron chi connectivity index (χ1n) is 8.81. The molecule has 2 saturated heterocycles. The van der Waals surface area contributed by atoms with Gasteiger partial charge in [-0.2, -0.15) is 0 Å². The monoisotopic (exact) mass is 357 g/mol. The van der Waals surface area contributed by atoms with Gasteiger partial charge in [-0.15, -0.1) is 0 Å². The quantitative estimate of drug-likeness (QED) is 0.741. The predicted octanol–water partition coefficient (Wildman–Crippen LogP) is 0.954. The molecule has 2 aliphatic heterocycles. The van der Waals surface area contributed by atoms with Crippen LogP contribution in [0.4, 0.5) is 4.79 Å². The third-order valence-corrected chi connectivity index (χ3v) is 7.10. The van der Waals surface area contributed by atoms with E-state index >= 15 is 0 Å². The van der Waals surface area contributed by atoms with Crippen molar-refractivity contribution in [2.45, 2.75) is 57.5 Å². The van der Waals surface area contributed by atoms with Gasteiger partial charge in [0, 0.05) is 12.6 Å². The molecule has 136 valence electrons. The molecule has 2 heterocycles. The Morgan fingerprint density at radius 1 is 1.29 bits per heavy atom. The molecule has 1 unspecified atom stereocenters. The number of carbonyl (C=O) groups excluding carboxylic acids is 2. The molecule has 1 N–H and O–H groups in total. The predicted molar refractivity (Wildman–Crippen MR) is 90.0 cm³/mol. The van der Waals surface area contributed by atoms with Crippen LogP contribution in [0.5, 0.6) is 0 Å². The molecule has 0 aromatic heterocycles. The Bertz CT molecular complexity index is 625. The van der Waals surface area contributed by atoms with E-state index in [9.17, 15) is 18.0 Å². The van der Waals surface area contributed by atoms with E-state index in [1.54, 1.807) is 0 Å². The van der Waals surface area contributed by atoms with E-state index in [2.05, 4.69) is 19.2 Å². The number of rotatable bonds is 5. The summed E-state index contributed by atoms with van der Waals surface area (Å²) in [4.78, 5) is 28.5. The normalized spacial score (nSPS) is 28.5. The van der Waals surface area contributed by atoms with Gasteiger partial charge in [0.2, 0.25) is 0 Å². The summed E-state index contributed by atoms with van der Waals surface area (Å²) in [6.45, 7) is 4.97. The van der Waals surface area contributed by atoms with E-state index in [0.717, 1.165) is 12.8 Å². The van der Waals surface area contributed by atoms with Crippen LogP contribution in [0.15, 0.2) is 0 Å². The van der Waals surface area contributed by atoms with E-state index in [0.29, 0.717) is 31.7 Å². The molecule has 3 aliphatic rings. The molecule has 3 amide bonds. The first-order valence-corrected chi connectivity index (χ1v) is 10.6. The lowest BCUT2D eigenvalue weighted by atomic mass is 9.98. The average molecular weight is 357 g/mol. The number of amides is 3. The Kier molecular flexibility index (Phi) is 4.63. The van der Waals surface area contributed by atoms with Crippen LogP contribution in [0.25, 0.3) is 0 Å². The minimum atomic E-state index is -3.00. The number of nitrogens with zero attached hydrogens (tertiary/aromatic N) is 2. The second-order valence-corrected chi connectivity index (χ2v) is 10.0. The van der Waals surface area contributed by atoms with E-state index in [-0.39, 0.29) is 36.2 Å². The fraction of sp³-hybridized carbons (Fsp3) is 0.875. The van der Waals surface area contributed by atoms with Crippen molar-refractivity contribution in [2.75, 3.05) is 24.7 Å². The van der Waals surface area contributed by atoms with Crippen molar-refractivity contribution in [2.24, 2.45) is 5.92 Å². The van der Waals surface area contributed by atoms with Crippen LogP contribution in [0.1, 0.15) is 46.0 Å². The van der Waals surface area contributed by atoms with Gasteiger partial charge in [0.05, 0.1) is 18.2 Å². The maximum absolute atomic E-state index is 12.8. The molecule has 0 aromatic rings. The Morgan fingerprint density at radius 3 is 2.50 bits per heavy atom. The molecule has 1 atom stereocenters. The molecule has 1 spiro atoms. The Labute approximate surface area is 143 Å². The summed E-state index contributed by atoms with van der Waals surface area (Å²) < 4.78 is 23.6. The number of hydrogen-bond donors (Lipinski definition) is 1. The Hall–Kier alpha value is -1.15. The van der Waals surface area contributed by atoms with Crippen molar-refractivity contribution in [3.8, 4) is 0 Å². The van der Waals surface area contributed by atoms with E-state index in [4.69, 9.17) is 0 Å². The van der Waals surface area contributed by atoms with Gasteiger partial charge in [0.1, 0.15) is 5.54 Å². The van der Waals surface area contributed by atoms with E-state index < -0.39 is 15.4 Å². The number of imide groups is 1. The lowest BCUT2D eigenvalue weighted by Crippen LogP contribution is -2.49. The molecule has 0 aromatic carbocycles. The number of carbonyl (C=O) groups is 2. The molecule has 0 bridgehead atoms. The maximum Gasteiger partial charge on any atom is 0.326 e. The van der Waals surface area contributed by atoms with Gasteiger partial charge in [0.25, 0.3) is 5.91 Å². The smallest absolute Gasteiger partial charge is 0.323 e. The van der Waals surface area contributed by atoms with Crippen molar-refractivity contribution in [1.29, 1.82) is 0 Å². The van der Waals surface area contributed by atoms with Gasteiger partial charge in [0.15, 0.2) is 9.84 Å². The van der Waals surface area contributed by atoms with Gasteiger partial charge in [-0.05, 0) is 25.2 Å². The van der Waals surface area contributed by atoms with Crippen molar-refractivity contribution < 1.29 is 18.0 Å². The van der Waals surface area contributed by atoms with Gasteiger partial charge >= 0.3 is 6.03 Å². The zero-order valence-electron chi connectivity index (χ0n) is 14.5. The van der Waals surface area contributed by atoms with Crippen LogP contribution in [0.2, 0.25) is 0 Å². The molecule has 3 fully saturated rings. The topological polar surface area (TPSA) is 86.8 Å². The Morgan fingerprint density at radius 2 is 1.96 bits per heavy atom. The Balaban J connectivity index is 1.75. The zero-order valence-corrected chi connectivity index (χ0v) is 15.3. The molecular weight excluding hydrogens is 330 g/mol. The van der Waals surface area contributed by atoms with Crippen LogP contribution in [0.3, 0.4) is 0 Å². The summed E-state index contributed by atoms with van der Waals surface area (Å²) >= 11 is 0. The lowest BCUT2D eigenvalue weighted by molar-refractivity contribution is -0.133. The van der Waals surface area contributed by atoms with E-state index in [1.807, 2.05) is 4.90 Å². The highest BCUT2D eigenvalue weighted by Gasteiger charge is 2.53. The number of sulfone groups is 1. The number of nitrogens with one attached hydrogen (secondary N) is 1. The molecule has 24 heavy (non-hydrogen) atoms. The molecule has 7 nitrogen and oxygen atoms in total. The highest BCUT2D eigenvalue weighted by Crippen LogP contribution is 2.35. The number of hydrogen-bond acceptors (Lipinski definition) is 5. The van der Waals surface area contributed by atoms with E-state index in [1.165, 1.54) is 4.90 Å². The summed E-state index contributed by atoms with van der Waals surface area (Å²) in [6.07, 6.45) is 3.89. The van der Waals surface area contributed by atoms with Crippen LogP contribution in [-0.4, -0.2) is 66.5 Å².